The normalized spacial score (nSPS) is 14.2. The molecule has 1 atom stereocenters. The van der Waals surface area contributed by atoms with Crippen molar-refractivity contribution >= 4 is 9.84 Å². The van der Waals surface area contributed by atoms with E-state index < -0.39 is 9.84 Å². The van der Waals surface area contributed by atoms with Crippen molar-refractivity contribution in [1.29, 1.82) is 0 Å². The number of ether oxygens (including phenoxy) is 1. The van der Waals surface area contributed by atoms with Crippen molar-refractivity contribution in [3.63, 3.8) is 0 Å². The summed E-state index contributed by atoms with van der Waals surface area (Å²) >= 11 is 0. The smallest absolute Gasteiger partial charge is 0.147 e. The van der Waals surface area contributed by atoms with E-state index >= 15 is 0 Å². The Morgan fingerprint density at radius 3 is 2.36 bits per heavy atom. The molecule has 0 aromatic carbocycles. The second-order valence-corrected chi connectivity index (χ2v) is 5.93. The molecule has 1 unspecified atom stereocenters. The van der Waals surface area contributed by atoms with Gasteiger partial charge in [-0.05, 0) is 25.7 Å². The summed E-state index contributed by atoms with van der Waals surface area (Å²) in [6, 6.07) is 0.104. The molecule has 0 aliphatic heterocycles. The molecule has 0 heterocycles. The van der Waals surface area contributed by atoms with Crippen LogP contribution >= 0.6 is 0 Å². The molecule has 0 aliphatic carbocycles. The van der Waals surface area contributed by atoms with Crippen LogP contribution in [0.2, 0.25) is 0 Å². The molecule has 0 aliphatic rings. The largest absolute Gasteiger partial charge is 0.385 e. The van der Waals surface area contributed by atoms with E-state index in [0.29, 0.717) is 6.42 Å². The monoisotopic (exact) mass is 223 g/mol. The average molecular weight is 223 g/mol. The van der Waals surface area contributed by atoms with Crippen LogP contribution in [0.15, 0.2) is 0 Å². The van der Waals surface area contributed by atoms with Gasteiger partial charge >= 0.3 is 0 Å². The molecule has 14 heavy (non-hydrogen) atoms. The maximum Gasteiger partial charge on any atom is 0.147 e. The molecule has 0 fully saturated rings. The molecule has 0 bridgehead atoms. The van der Waals surface area contributed by atoms with Crippen LogP contribution in [-0.4, -0.2) is 40.2 Å². The predicted molar refractivity (Wildman–Crippen MR) is 58.0 cm³/mol. The molecule has 0 amide bonds. The number of hydrogen-bond acceptors (Lipinski definition) is 4. The average Bonchev–Trinajstić information content (AvgIpc) is 2.02. The third kappa shape index (κ3) is 9.95. The quantitative estimate of drug-likeness (QED) is 0.611. The third-order valence-corrected chi connectivity index (χ3v) is 3.04. The minimum absolute atomic E-state index is 0.104. The molecular formula is C9H21NO3S. The van der Waals surface area contributed by atoms with Gasteiger partial charge in [0.2, 0.25) is 0 Å². The number of sulfone groups is 1. The molecule has 0 saturated carbocycles. The van der Waals surface area contributed by atoms with E-state index in [2.05, 4.69) is 0 Å². The standard InChI is InChI=1S/C9H21NO3S/c1-13-7-3-5-9(10)6-4-8-14(2,11)12/h9H,3-8,10H2,1-2H3. The van der Waals surface area contributed by atoms with Gasteiger partial charge in [0, 0.05) is 31.8 Å². The Hall–Kier alpha value is -0.130. The van der Waals surface area contributed by atoms with Gasteiger partial charge < -0.3 is 10.5 Å². The number of methoxy groups -OCH3 is 1. The summed E-state index contributed by atoms with van der Waals surface area (Å²) in [6.07, 6.45) is 4.53. The van der Waals surface area contributed by atoms with Crippen molar-refractivity contribution in [2.24, 2.45) is 5.73 Å². The first-order chi connectivity index (χ1) is 6.45. The lowest BCUT2D eigenvalue weighted by Crippen LogP contribution is -2.21. The van der Waals surface area contributed by atoms with Crippen molar-refractivity contribution < 1.29 is 13.2 Å². The van der Waals surface area contributed by atoms with Crippen LogP contribution in [0.1, 0.15) is 25.7 Å². The molecule has 0 aromatic heterocycles. The zero-order chi connectivity index (χ0) is 11.0. The van der Waals surface area contributed by atoms with Crippen molar-refractivity contribution in [3.05, 3.63) is 0 Å². The van der Waals surface area contributed by atoms with E-state index in [4.69, 9.17) is 10.5 Å². The van der Waals surface area contributed by atoms with Gasteiger partial charge in [0.15, 0.2) is 0 Å². The van der Waals surface area contributed by atoms with Crippen LogP contribution in [0.3, 0.4) is 0 Å². The fraction of sp³-hybridized carbons (Fsp3) is 1.00. The molecule has 2 N–H and O–H groups in total. The Morgan fingerprint density at radius 1 is 1.29 bits per heavy atom. The first-order valence-corrected chi connectivity index (χ1v) is 6.94. The summed E-state index contributed by atoms with van der Waals surface area (Å²) in [5.41, 5.74) is 5.79. The third-order valence-electron chi connectivity index (χ3n) is 2.01. The van der Waals surface area contributed by atoms with Crippen molar-refractivity contribution in [3.8, 4) is 0 Å². The summed E-state index contributed by atoms with van der Waals surface area (Å²) in [6.45, 7) is 0.722. The Kier molecular flexibility index (Phi) is 7.13. The number of nitrogens with two attached hydrogens (primary N) is 1. The van der Waals surface area contributed by atoms with Crippen LogP contribution in [0.4, 0.5) is 0 Å². The van der Waals surface area contributed by atoms with Crippen LogP contribution < -0.4 is 5.73 Å². The maximum atomic E-state index is 10.8. The van der Waals surface area contributed by atoms with Gasteiger partial charge in [-0.3, -0.25) is 0 Å². The topological polar surface area (TPSA) is 69.4 Å². The SMILES string of the molecule is COCCCC(N)CCCS(C)(=O)=O. The van der Waals surface area contributed by atoms with Crippen LogP contribution in [0.25, 0.3) is 0 Å². The highest BCUT2D eigenvalue weighted by atomic mass is 32.2. The second kappa shape index (κ2) is 7.20. The van der Waals surface area contributed by atoms with E-state index in [1.54, 1.807) is 7.11 Å². The molecule has 4 nitrogen and oxygen atoms in total. The first-order valence-electron chi connectivity index (χ1n) is 4.88. The minimum Gasteiger partial charge on any atom is -0.385 e. The minimum atomic E-state index is -2.83. The Morgan fingerprint density at radius 2 is 1.86 bits per heavy atom. The lowest BCUT2D eigenvalue weighted by Gasteiger charge is -2.10. The lowest BCUT2D eigenvalue weighted by molar-refractivity contribution is 0.190. The van der Waals surface area contributed by atoms with Gasteiger partial charge in [-0.15, -0.1) is 0 Å². The molecule has 0 saturated heterocycles. The Labute approximate surface area is 86.7 Å². The predicted octanol–water partition coefficient (Wildman–Crippen LogP) is 0.565. The maximum absolute atomic E-state index is 10.8. The highest BCUT2D eigenvalue weighted by Gasteiger charge is 2.05. The van der Waals surface area contributed by atoms with Gasteiger partial charge in [-0.2, -0.15) is 0 Å². The van der Waals surface area contributed by atoms with Crippen molar-refractivity contribution in [1.82, 2.24) is 0 Å². The Balaban J connectivity index is 3.40. The summed E-state index contributed by atoms with van der Waals surface area (Å²) in [5.74, 6) is 0.241. The van der Waals surface area contributed by atoms with Crippen LogP contribution in [0, 0.1) is 0 Å². The fourth-order valence-corrected chi connectivity index (χ4v) is 1.93. The van der Waals surface area contributed by atoms with Gasteiger partial charge in [0.25, 0.3) is 0 Å². The summed E-state index contributed by atoms with van der Waals surface area (Å²) < 4.78 is 26.5. The molecule has 86 valence electrons. The van der Waals surface area contributed by atoms with E-state index in [1.165, 1.54) is 6.26 Å². The van der Waals surface area contributed by atoms with E-state index in [9.17, 15) is 8.42 Å². The second-order valence-electron chi connectivity index (χ2n) is 3.67. The summed E-state index contributed by atoms with van der Waals surface area (Å²) in [5, 5.41) is 0. The molecule has 0 aromatic rings. The van der Waals surface area contributed by atoms with E-state index in [1.807, 2.05) is 0 Å². The first kappa shape index (κ1) is 13.9. The zero-order valence-corrected chi connectivity index (χ0v) is 9.85. The van der Waals surface area contributed by atoms with Gasteiger partial charge in [-0.1, -0.05) is 0 Å². The van der Waals surface area contributed by atoms with Crippen molar-refractivity contribution in [2.75, 3.05) is 25.7 Å². The fourth-order valence-electron chi connectivity index (χ4n) is 1.24. The highest BCUT2D eigenvalue weighted by Crippen LogP contribution is 2.03. The molecule has 5 heteroatoms. The number of rotatable bonds is 8. The van der Waals surface area contributed by atoms with Crippen LogP contribution in [-0.2, 0) is 14.6 Å². The van der Waals surface area contributed by atoms with Crippen molar-refractivity contribution in [2.45, 2.75) is 31.7 Å². The van der Waals surface area contributed by atoms with Crippen LogP contribution in [0.5, 0.6) is 0 Å². The van der Waals surface area contributed by atoms with Gasteiger partial charge in [0.1, 0.15) is 9.84 Å². The summed E-state index contributed by atoms with van der Waals surface area (Å²) in [4.78, 5) is 0. The molecule has 0 radical (unpaired) electrons. The number of hydrogen-bond donors (Lipinski definition) is 1. The van der Waals surface area contributed by atoms with Gasteiger partial charge in [-0.25, -0.2) is 8.42 Å². The Bertz CT molecular complexity index is 226. The lowest BCUT2D eigenvalue weighted by atomic mass is 10.1. The molecule has 0 rings (SSSR count). The van der Waals surface area contributed by atoms with E-state index in [0.717, 1.165) is 25.9 Å². The highest BCUT2D eigenvalue weighted by molar-refractivity contribution is 7.90. The molecule has 0 spiro atoms. The van der Waals surface area contributed by atoms with E-state index in [-0.39, 0.29) is 11.8 Å². The summed E-state index contributed by atoms with van der Waals surface area (Å²) in [7, 11) is -1.16. The molecular weight excluding hydrogens is 202 g/mol. The zero-order valence-electron chi connectivity index (χ0n) is 9.03. The van der Waals surface area contributed by atoms with Gasteiger partial charge in [0.05, 0.1) is 0 Å².